The number of thioether (sulfide) groups is 1. The maximum Gasteiger partial charge on any atom is 0.337 e. The highest BCUT2D eigenvalue weighted by Crippen LogP contribution is 2.35. The molecule has 2 aromatic rings. The van der Waals surface area contributed by atoms with Crippen LogP contribution >= 0.6 is 11.8 Å². The number of hydrogen-bond donors (Lipinski definition) is 2. The van der Waals surface area contributed by atoms with Crippen LogP contribution in [0.15, 0.2) is 65.6 Å². The topological polar surface area (TPSA) is 130 Å². The van der Waals surface area contributed by atoms with Gasteiger partial charge in [0.25, 0.3) is 0 Å². The van der Waals surface area contributed by atoms with Crippen LogP contribution in [0.2, 0.25) is 0 Å². The Hall–Kier alpha value is -3.92. The molecule has 0 spiro atoms. The van der Waals surface area contributed by atoms with Crippen molar-refractivity contribution in [2.45, 2.75) is 29.4 Å². The summed E-state index contributed by atoms with van der Waals surface area (Å²) in [6.07, 6.45) is 4.33. The highest BCUT2D eigenvalue weighted by molar-refractivity contribution is 8.00. The fourth-order valence-electron chi connectivity index (χ4n) is 4.22. The Morgan fingerprint density at radius 1 is 0.972 bits per heavy atom. The fraction of sp³-hybridized carbons (Fsp3) is 0.269. The van der Waals surface area contributed by atoms with Gasteiger partial charge in [-0.15, -0.1) is 11.8 Å². The number of esters is 1. The van der Waals surface area contributed by atoms with Gasteiger partial charge in [0.1, 0.15) is 0 Å². The Labute approximate surface area is 211 Å². The Morgan fingerprint density at radius 3 is 2.22 bits per heavy atom. The normalized spacial score (nSPS) is 21.4. The molecule has 1 aliphatic carbocycles. The van der Waals surface area contributed by atoms with Crippen molar-refractivity contribution in [1.29, 1.82) is 0 Å². The zero-order valence-electron chi connectivity index (χ0n) is 19.4. The van der Waals surface area contributed by atoms with E-state index >= 15 is 0 Å². The van der Waals surface area contributed by atoms with Gasteiger partial charge in [-0.1, -0.05) is 12.2 Å². The lowest BCUT2D eigenvalue weighted by molar-refractivity contribution is -0.146. The molecule has 0 bridgehead atoms. The van der Waals surface area contributed by atoms with Crippen LogP contribution in [0.3, 0.4) is 0 Å². The molecular weight excluding hydrogens is 484 g/mol. The smallest absolute Gasteiger partial charge is 0.337 e. The third-order valence-corrected chi connectivity index (χ3v) is 7.34. The molecule has 3 unspecified atom stereocenters. The number of carboxylic acids is 1. The van der Waals surface area contributed by atoms with Crippen LogP contribution in [-0.2, 0) is 23.9 Å². The molecule has 10 heteroatoms. The van der Waals surface area contributed by atoms with E-state index in [1.54, 1.807) is 30.3 Å². The molecule has 1 aliphatic heterocycles. The monoisotopic (exact) mass is 508 g/mol. The predicted octanol–water partition coefficient (Wildman–Crippen LogP) is 3.50. The number of hydrogen-bond acceptors (Lipinski definition) is 7. The van der Waals surface area contributed by atoms with Gasteiger partial charge in [0, 0.05) is 17.0 Å². The first-order valence-electron chi connectivity index (χ1n) is 11.3. The molecule has 9 nitrogen and oxygen atoms in total. The van der Waals surface area contributed by atoms with Crippen molar-refractivity contribution in [3.05, 3.63) is 66.2 Å². The van der Waals surface area contributed by atoms with E-state index in [1.807, 2.05) is 6.08 Å². The van der Waals surface area contributed by atoms with Crippen molar-refractivity contribution in [3.8, 4) is 0 Å². The van der Waals surface area contributed by atoms with Crippen LogP contribution in [0.25, 0.3) is 0 Å². The largest absolute Gasteiger partial charge is 0.481 e. The standard InChI is InChI=1S/C26H24N2O7S/c1-35-26(34)15-6-10-17(11-7-15)28-22(29)14-21(24(28)31)36-18-12-8-16(9-13-18)27-23(30)19-4-2-3-5-20(19)25(32)33/h2-3,6-13,19-21H,4-5,14H2,1H3,(H,27,30)(H,32,33). The van der Waals surface area contributed by atoms with Gasteiger partial charge in [0.2, 0.25) is 17.7 Å². The van der Waals surface area contributed by atoms with E-state index in [2.05, 4.69) is 10.1 Å². The van der Waals surface area contributed by atoms with Crippen LogP contribution in [0, 0.1) is 11.8 Å². The van der Waals surface area contributed by atoms with E-state index in [4.69, 9.17) is 0 Å². The van der Waals surface area contributed by atoms with E-state index < -0.39 is 29.0 Å². The van der Waals surface area contributed by atoms with E-state index in [-0.39, 0.29) is 24.1 Å². The number of nitrogens with one attached hydrogen (secondary N) is 1. The SMILES string of the molecule is COC(=O)c1ccc(N2C(=O)CC(Sc3ccc(NC(=O)C4CC=CCC4C(=O)O)cc3)C2=O)cc1. The summed E-state index contributed by atoms with van der Waals surface area (Å²) in [5.74, 6) is -3.93. The highest BCUT2D eigenvalue weighted by Gasteiger charge is 2.40. The van der Waals surface area contributed by atoms with Crippen molar-refractivity contribution in [2.75, 3.05) is 17.3 Å². The number of nitrogens with zero attached hydrogens (tertiary/aromatic N) is 1. The van der Waals surface area contributed by atoms with Crippen molar-refractivity contribution in [1.82, 2.24) is 0 Å². The number of carbonyl (C=O) groups excluding carboxylic acids is 4. The Morgan fingerprint density at radius 2 is 1.61 bits per heavy atom. The zero-order chi connectivity index (χ0) is 25.8. The summed E-state index contributed by atoms with van der Waals surface area (Å²) < 4.78 is 4.66. The van der Waals surface area contributed by atoms with Gasteiger partial charge in [-0.25, -0.2) is 9.69 Å². The molecule has 36 heavy (non-hydrogen) atoms. The summed E-state index contributed by atoms with van der Waals surface area (Å²) in [6.45, 7) is 0. The van der Waals surface area contributed by atoms with E-state index in [0.29, 0.717) is 29.8 Å². The fourth-order valence-corrected chi connectivity index (χ4v) is 5.28. The second kappa shape index (κ2) is 10.8. The second-order valence-corrected chi connectivity index (χ2v) is 9.70. The second-order valence-electron chi connectivity index (χ2n) is 8.42. The first kappa shape index (κ1) is 25.2. The number of imide groups is 1. The molecule has 186 valence electrons. The molecule has 1 saturated heterocycles. The van der Waals surface area contributed by atoms with Gasteiger partial charge in [0.15, 0.2) is 0 Å². The zero-order valence-corrected chi connectivity index (χ0v) is 20.2. The minimum absolute atomic E-state index is 0.0342. The number of amides is 3. The first-order chi connectivity index (χ1) is 17.3. The lowest BCUT2D eigenvalue weighted by atomic mass is 9.82. The third kappa shape index (κ3) is 5.33. The maximum atomic E-state index is 13.0. The average Bonchev–Trinajstić information content (AvgIpc) is 3.16. The number of allylic oxidation sites excluding steroid dienone is 2. The van der Waals surface area contributed by atoms with E-state index in [0.717, 1.165) is 9.80 Å². The number of ether oxygens (including phenoxy) is 1. The molecule has 2 N–H and O–H groups in total. The van der Waals surface area contributed by atoms with Gasteiger partial charge in [-0.2, -0.15) is 0 Å². The molecule has 3 atom stereocenters. The number of aliphatic carboxylic acids is 1. The van der Waals surface area contributed by atoms with Crippen LogP contribution < -0.4 is 10.2 Å². The summed E-state index contributed by atoms with van der Waals surface area (Å²) in [6, 6.07) is 12.9. The predicted molar refractivity (Wildman–Crippen MR) is 133 cm³/mol. The molecule has 0 saturated carbocycles. The number of anilines is 2. The highest BCUT2D eigenvalue weighted by atomic mass is 32.2. The lowest BCUT2D eigenvalue weighted by Crippen LogP contribution is -2.34. The summed E-state index contributed by atoms with van der Waals surface area (Å²) >= 11 is 1.25. The van der Waals surface area contributed by atoms with Crippen LogP contribution in [0.5, 0.6) is 0 Å². The molecule has 2 aromatic carbocycles. The summed E-state index contributed by atoms with van der Waals surface area (Å²) in [5.41, 5.74) is 1.22. The molecule has 0 radical (unpaired) electrons. The Bertz CT molecular complexity index is 1220. The summed E-state index contributed by atoms with van der Waals surface area (Å²) in [5, 5.41) is 11.5. The number of rotatable bonds is 7. The van der Waals surface area contributed by atoms with Gasteiger partial charge in [-0.3, -0.25) is 19.2 Å². The minimum Gasteiger partial charge on any atom is -0.481 e. The van der Waals surface area contributed by atoms with Crippen LogP contribution in [-0.4, -0.2) is 47.1 Å². The van der Waals surface area contributed by atoms with Crippen molar-refractivity contribution < 1.29 is 33.8 Å². The van der Waals surface area contributed by atoms with Gasteiger partial charge in [-0.05, 0) is 61.4 Å². The van der Waals surface area contributed by atoms with Crippen LogP contribution in [0.4, 0.5) is 11.4 Å². The van der Waals surface area contributed by atoms with Crippen LogP contribution in [0.1, 0.15) is 29.6 Å². The maximum absolute atomic E-state index is 13.0. The quantitative estimate of drug-likeness (QED) is 0.330. The number of carboxylic acid groups (broad SMARTS) is 1. The van der Waals surface area contributed by atoms with Crippen molar-refractivity contribution >= 4 is 52.8 Å². The molecule has 1 heterocycles. The molecule has 3 amide bonds. The molecule has 4 rings (SSSR count). The van der Waals surface area contributed by atoms with Gasteiger partial charge < -0.3 is 15.2 Å². The van der Waals surface area contributed by atoms with Crippen molar-refractivity contribution in [3.63, 3.8) is 0 Å². The number of carbonyl (C=O) groups is 5. The average molecular weight is 509 g/mol. The lowest BCUT2D eigenvalue weighted by Gasteiger charge is -2.24. The Kier molecular flexibility index (Phi) is 7.54. The van der Waals surface area contributed by atoms with E-state index in [1.165, 1.54) is 43.1 Å². The van der Waals surface area contributed by atoms with Crippen molar-refractivity contribution in [2.24, 2.45) is 11.8 Å². The molecule has 1 fully saturated rings. The number of benzene rings is 2. The van der Waals surface area contributed by atoms with E-state index in [9.17, 15) is 29.1 Å². The first-order valence-corrected chi connectivity index (χ1v) is 12.2. The molecular formula is C26H24N2O7S. The van der Waals surface area contributed by atoms with Gasteiger partial charge >= 0.3 is 11.9 Å². The minimum atomic E-state index is -0.990. The van der Waals surface area contributed by atoms with Gasteiger partial charge in [0.05, 0.1) is 35.4 Å². The third-order valence-electron chi connectivity index (χ3n) is 6.14. The number of methoxy groups -OCH3 is 1. The molecule has 0 aromatic heterocycles. The molecule has 2 aliphatic rings. The summed E-state index contributed by atoms with van der Waals surface area (Å²) in [7, 11) is 1.27. The Balaban J connectivity index is 1.38. The summed E-state index contributed by atoms with van der Waals surface area (Å²) in [4.78, 5) is 63.1.